The monoisotopic (exact) mass is 661 g/mol. The minimum atomic E-state index is -1.83. The van der Waals surface area contributed by atoms with Gasteiger partial charge in [-0.3, -0.25) is 14.4 Å². The molecule has 0 bridgehead atoms. The Kier molecular flexibility index (Phi) is 9.53. The average Bonchev–Trinajstić information content (AvgIpc) is 3.60. The normalized spacial score (nSPS) is 20.2. The second kappa shape index (κ2) is 13.3. The smallest absolute Gasteiger partial charge is 0.264 e. The second-order valence-corrected chi connectivity index (χ2v) is 12.1. The number of carbonyl (C=O) groups excluding carboxylic acids is 3. The van der Waals surface area contributed by atoms with E-state index in [1.807, 2.05) is 18.2 Å². The predicted molar refractivity (Wildman–Crippen MR) is 171 cm³/mol. The van der Waals surface area contributed by atoms with E-state index in [1.54, 1.807) is 84.5 Å². The Morgan fingerprint density at radius 1 is 1.14 bits per heavy atom. The van der Waals surface area contributed by atoms with Crippen molar-refractivity contribution in [2.45, 2.75) is 44.4 Å². The quantitative estimate of drug-likeness (QED) is 0.263. The predicted octanol–water partition coefficient (Wildman–Crippen LogP) is 5.01. The van der Waals surface area contributed by atoms with Gasteiger partial charge in [0.15, 0.2) is 5.60 Å². The molecule has 9 nitrogen and oxygen atoms in total. The van der Waals surface area contributed by atoms with Crippen molar-refractivity contribution in [2.75, 3.05) is 30.5 Å². The molecule has 2 aliphatic rings. The van der Waals surface area contributed by atoms with Crippen LogP contribution >= 0.6 is 15.9 Å². The van der Waals surface area contributed by atoms with Crippen LogP contribution in [-0.4, -0.2) is 59.1 Å². The van der Waals surface area contributed by atoms with Gasteiger partial charge in [-0.15, -0.1) is 0 Å². The minimum Gasteiger partial charge on any atom is -0.497 e. The van der Waals surface area contributed by atoms with Crippen molar-refractivity contribution in [3.8, 4) is 5.75 Å². The average molecular weight is 663 g/mol. The van der Waals surface area contributed by atoms with E-state index in [1.165, 1.54) is 0 Å². The summed E-state index contributed by atoms with van der Waals surface area (Å²) in [5.74, 6) is -0.743. The SMILES string of the molecule is COc1ccc(C(=O)Nc2ccc(CN3C(=O)[C@](O)([C@H](C)/C=C/CC(=O)N4CCC[C@H]4CO)c4cc(Br)ccc43)cc2)cc1. The Hall–Kier alpha value is -3.99. The number of hydrogen-bond acceptors (Lipinski definition) is 6. The highest BCUT2D eigenvalue weighted by Gasteiger charge is 2.52. The number of aliphatic hydroxyl groups is 2. The Morgan fingerprint density at radius 2 is 1.86 bits per heavy atom. The van der Waals surface area contributed by atoms with Gasteiger partial charge in [0.2, 0.25) is 5.91 Å². The molecule has 3 amide bonds. The van der Waals surface area contributed by atoms with Crippen LogP contribution in [0.1, 0.15) is 47.7 Å². The molecule has 3 aromatic rings. The summed E-state index contributed by atoms with van der Waals surface area (Å²) in [6.45, 7) is 2.56. The minimum absolute atomic E-state index is 0.0529. The molecule has 230 valence electrons. The number of nitrogens with zero attached hydrogens (tertiary/aromatic N) is 2. The van der Waals surface area contributed by atoms with Gasteiger partial charge in [-0.25, -0.2) is 0 Å². The van der Waals surface area contributed by atoms with Crippen LogP contribution in [0.4, 0.5) is 11.4 Å². The van der Waals surface area contributed by atoms with E-state index in [-0.39, 0.29) is 37.4 Å². The molecule has 44 heavy (non-hydrogen) atoms. The molecule has 2 aliphatic heterocycles. The number of likely N-dealkylation sites (tertiary alicyclic amines) is 1. The van der Waals surface area contributed by atoms with Gasteiger partial charge in [0.25, 0.3) is 11.8 Å². The van der Waals surface area contributed by atoms with Crippen LogP contribution in [0.3, 0.4) is 0 Å². The van der Waals surface area contributed by atoms with Gasteiger partial charge in [0.1, 0.15) is 5.75 Å². The van der Waals surface area contributed by atoms with E-state index in [0.717, 1.165) is 22.9 Å². The van der Waals surface area contributed by atoms with Gasteiger partial charge >= 0.3 is 0 Å². The number of hydrogen-bond donors (Lipinski definition) is 3. The summed E-state index contributed by atoms with van der Waals surface area (Å²) in [5.41, 5.74) is 1.19. The highest BCUT2D eigenvalue weighted by Crippen LogP contribution is 2.46. The Balaban J connectivity index is 1.29. The lowest BCUT2D eigenvalue weighted by molar-refractivity contribution is -0.139. The van der Waals surface area contributed by atoms with Crippen LogP contribution in [0.2, 0.25) is 0 Å². The number of fused-ring (bicyclic) bond motifs is 1. The summed E-state index contributed by atoms with van der Waals surface area (Å²) < 4.78 is 5.88. The van der Waals surface area contributed by atoms with Crippen LogP contribution in [-0.2, 0) is 21.7 Å². The topological polar surface area (TPSA) is 119 Å². The van der Waals surface area contributed by atoms with Crippen LogP contribution in [0.5, 0.6) is 5.75 Å². The van der Waals surface area contributed by atoms with Crippen molar-refractivity contribution in [1.82, 2.24) is 4.90 Å². The molecule has 5 rings (SSSR count). The lowest BCUT2D eigenvalue weighted by atomic mass is 9.83. The summed E-state index contributed by atoms with van der Waals surface area (Å²) in [5, 5.41) is 24.4. The number of nitrogens with one attached hydrogen (secondary N) is 1. The first-order chi connectivity index (χ1) is 21.1. The molecule has 1 fully saturated rings. The van der Waals surface area contributed by atoms with Crippen molar-refractivity contribution < 1.29 is 29.3 Å². The summed E-state index contributed by atoms with van der Waals surface area (Å²) in [7, 11) is 1.57. The molecule has 10 heteroatoms. The van der Waals surface area contributed by atoms with Gasteiger partial charge < -0.3 is 30.1 Å². The summed E-state index contributed by atoms with van der Waals surface area (Å²) in [6, 6.07) is 19.3. The first-order valence-corrected chi connectivity index (χ1v) is 15.4. The largest absolute Gasteiger partial charge is 0.497 e. The highest BCUT2D eigenvalue weighted by atomic mass is 79.9. The number of rotatable bonds is 10. The number of anilines is 2. The van der Waals surface area contributed by atoms with Crippen LogP contribution in [0.25, 0.3) is 0 Å². The maximum atomic E-state index is 13.9. The molecule has 3 aromatic carbocycles. The van der Waals surface area contributed by atoms with E-state index in [4.69, 9.17) is 4.74 Å². The van der Waals surface area contributed by atoms with E-state index < -0.39 is 17.4 Å². The number of aliphatic hydroxyl groups excluding tert-OH is 1. The summed E-state index contributed by atoms with van der Waals surface area (Å²) in [6.07, 6.45) is 5.20. The van der Waals surface area contributed by atoms with Crippen LogP contribution < -0.4 is 15.0 Å². The van der Waals surface area contributed by atoms with Crippen molar-refractivity contribution in [3.05, 3.63) is 100 Å². The maximum absolute atomic E-state index is 13.9. The molecule has 3 atom stereocenters. The van der Waals surface area contributed by atoms with Gasteiger partial charge in [0.05, 0.1) is 32.0 Å². The maximum Gasteiger partial charge on any atom is 0.264 e. The van der Waals surface area contributed by atoms with Crippen LogP contribution in [0, 0.1) is 5.92 Å². The molecule has 3 N–H and O–H groups in total. The van der Waals surface area contributed by atoms with E-state index in [2.05, 4.69) is 21.2 Å². The Morgan fingerprint density at radius 3 is 2.55 bits per heavy atom. The van der Waals surface area contributed by atoms with Gasteiger partial charge in [0, 0.05) is 40.2 Å². The van der Waals surface area contributed by atoms with E-state index in [9.17, 15) is 24.6 Å². The van der Waals surface area contributed by atoms with Crippen LogP contribution in [0.15, 0.2) is 83.4 Å². The van der Waals surface area contributed by atoms with E-state index in [0.29, 0.717) is 34.8 Å². The third-order valence-corrected chi connectivity index (χ3v) is 8.91. The third kappa shape index (κ3) is 6.29. The second-order valence-electron chi connectivity index (χ2n) is 11.2. The zero-order valence-corrected chi connectivity index (χ0v) is 26.3. The Labute approximate surface area is 265 Å². The molecular weight excluding hydrogens is 626 g/mol. The molecule has 0 saturated carbocycles. The molecule has 0 aliphatic carbocycles. The fraction of sp³-hybridized carbons (Fsp3) is 0.324. The molecule has 0 spiro atoms. The van der Waals surface area contributed by atoms with Crippen molar-refractivity contribution in [1.29, 1.82) is 0 Å². The fourth-order valence-electron chi connectivity index (χ4n) is 5.88. The lowest BCUT2D eigenvalue weighted by Gasteiger charge is -2.28. The molecule has 1 saturated heterocycles. The Bertz CT molecular complexity index is 1560. The first-order valence-electron chi connectivity index (χ1n) is 14.6. The molecule has 0 unspecified atom stereocenters. The summed E-state index contributed by atoms with van der Waals surface area (Å²) in [4.78, 5) is 42.6. The number of methoxy groups -OCH3 is 1. The number of amides is 3. The number of halogens is 1. The molecule has 0 radical (unpaired) electrons. The van der Waals surface area contributed by atoms with Crippen molar-refractivity contribution in [3.63, 3.8) is 0 Å². The molecule has 2 heterocycles. The van der Waals surface area contributed by atoms with Gasteiger partial charge in [-0.05, 0) is 73.0 Å². The fourth-order valence-corrected chi connectivity index (χ4v) is 6.24. The van der Waals surface area contributed by atoms with Gasteiger partial charge in [-0.1, -0.05) is 47.1 Å². The highest BCUT2D eigenvalue weighted by molar-refractivity contribution is 9.10. The summed E-state index contributed by atoms with van der Waals surface area (Å²) >= 11 is 3.48. The zero-order chi connectivity index (χ0) is 31.4. The molecular formula is C34H36BrN3O6. The lowest BCUT2D eigenvalue weighted by Crippen LogP contribution is -2.44. The number of ether oxygens (including phenoxy) is 1. The zero-order valence-electron chi connectivity index (χ0n) is 24.7. The van der Waals surface area contributed by atoms with Gasteiger partial charge in [-0.2, -0.15) is 0 Å². The number of benzene rings is 3. The molecule has 0 aromatic heterocycles. The van der Waals surface area contributed by atoms with Crippen molar-refractivity contribution in [2.24, 2.45) is 5.92 Å². The number of carbonyl (C=O) groups is 3. The first kappa shape index (κ1) is 31.4. The van der Waals surface area contributed by atoms with Crippen molar-refractivity contribution >= 4 is 45.0 Å². The third-order valence-electron chi connectivity index (χ3n) is 8.42. The van der Waals surface area contributed by atoms with E-state index >= 15 is 0 Å². The standard InChI is InChI=1S/C34H36BrN3O6/c1-22(5-3-7-31(40)37-18-4-6-27(37)21-39)34(43)29-19-25(35)12-17-30(29)38(33(34)42)20-23-8-13-26(14-9-23)36-32(41)24-10-15-28(44-2)16-11-24/h3,5,8-17,19,22,27,39,43H,4,6-7,18,20-21H2,1-2H3,(H,36,41)/b5-3+/t22-,27+,34+/m1/s1.